The molecule has 5 nitrogen and oxygen atoms in total. The van der Waals surface area contributed by atoms with Gasteiger partial charge < -0.3 is 19.7 Å². The zero-order valence-electron chi connectivity index (χ0n) is 14.6. The number of nitrogens with one attached hydrogen (secondary N) is 2. The van der Waals surface area contributed by atoms with E-state index in [2.05, 4.69) is 17.4 Å². The Labute approximate surface area is 148 Å². The lowest BCUT2D eigenvalue weighted by Crippen LogP contribution is -3.12. The Morgan fingerprint density at radius 2 is 1.92 bits per heavy atom. The highest BCUT2D eigenvalue weighted by Gasteiger charge is 2.14. The van der Waals surface area contributed by atoms with Crippen molar-refractivity contribution in [1.29, 1.82) is 0 Å². The number of hydrogen-bond donors (Lipinski definition) is 2. The average Bonchev–Trinajstić information content (AvgIpc) is 2.65. The molecule has 1 aliphatic heterocycles. The summed E-state index contributed by atoms with van der Waals surface area (Å²) < 4.78 is 10.8. The van der Waals surface area contributed by atoms with Crippen molar-refractivity contribution in [2.75, 3.05) is 38.2 Å². The van der Waals surface area contributed by atoms with E-state index in [1.807, 2.05) is 31.2 Å². The zero-order chi connectivity index (χ0) is 17.5. The normalized spacial score (nSPS) is 14.9. The Bertz CT molecular complexity index is 694. The summed E-state index contributed by atoms with van der Waals surface area (Å²) in [6, 6.07) is 15.3. The largest absolute Gasteiger partial charge is 0.494 e. The number of hydrogen-bond acceptors (Lipinski definition) is 3. The third-order valence-corrected chi connectivity index (χ3v) is 4.27. The van der Waals surface area contributed by atoms with Crippen molar-refractivity contribution in [3.05, 3.63) is 59.7 Å². The molecular weight excluding hydrogens is 316 g/mol. The second-order valence-corrected chi connectivity index (χ2v) is 6.15. The van der Waals surface area contributed by atoms with Crippen molar-refractivity contribution in [3.8, 4) is 5.75 Å². The first-order valence-electron chi connectivity index (χ1n) is 8.79. The Balaban J connectivity index is 1.58. The Hall–Kier alpha value is -2.37. The maximum absolute atomic E-state index is 12.4. The van der Waals surface area contributed by atoms with Crippen molar-refractivity contribution >= 4 is 11.6 Å². The summed E-state index contributed by atoms with van der Waals surface area (Å²) in [5, 5.41) is 2.94. The predicted molar refractivity (Wildman–Crippen MR) is 97.2 cm³/mol. The van der Waals surface area contributed by atoms with Gasteiger partial charge in [0.2, 0.25) is 0 Å². The molecule has 5 heteroatoms. The number of carbonyl (C=O) groups is 1. The molecule has 25 heavy (non-hydrogen) atoms. The van der Waals surface area contributed by atoms with Gasteiger partial charge in [0.15, 0.2) is 0 Å². The standard InChI is InChI=1S/C20H24N2O3/c1-2-25-19-5-3-4-17(14-19)20(23)21-18-8-6-16(7-9-18)15-22-10-12-24-13-11-22/h3-9,14H,2,10-13,15H2,1H3,(H,21,23)/p+1. The molecule has 0 unspecified atom stereocenters. The average molecular weight is 341 g/mol. The second kappa shape index (κ2) is 8.65. The summed E-state index contributed by atoms with van der Waals surface area (Å²) in [5.41, 5.74) is 2.66. The second-order valence-electron chi connectivity index (χ2n) is 6.15. The molecule has 2 N–H and O–H groups in total. The molecule has 0 aliphatic carbocycles. The minimum atomic E-state index is -0.131. The number of ether oxygens (including phenoxy) is 2. The highest BCUT2D eigenvalue weighted by atomic mass is 16.5. The van der Waals surface area contributed by atoms with E-state index < -0.39 is 0 Å². The lowest BCUT2D eigenvalue weighted by molar-refractivity contribution is -0.921. The van der Waals surface area contributed by atoms with Gasteiger partial charge in [-0.3, -0.25) is 4.79 Å². The maximum Gasteiger partial charge on any atom is 0.255 e. The van der Waals surface area contributed by atoms with Crippen LogP contribution in [0.5, 0.6) is 5.75 Å². The molecule has 2 aromatic rings. The van der Waals surface area contributed by atoms with E-state index in [4.69, 9.17) is 9.47 Å². The van der Waals surface area contributed by atoms with Gasteiger partial charge in [0.1, 0.15) is 25.4 Å². The minimum Gasteiger partial charge on any atom is -0.494 e. The molecular formula is C20H25N2O3+. The van der Waals surface area contributed by atoms with Gasteiger partial charge >= 0.3 is 0 Å². The number of quaternary nitrogens is 1. The molecule has 0 atom stereocenters. The van der Waals surface area contributed by atoms with Crippen LogP contribution in [0.25, 0.3) is 0 Å². The maximum atomic E-state index is 12.4. The molecule has 132 valence electrons. The lowest BCUT2D eigenvalue weighted by Gasteiger charge is -2.23. The van der Waals surface area contributed by atoms with Crippen molar-refractivity contribution in [1.82, 2.24) is 0 Å². The highest BCUT2D eigenvalue weighted by Crippen LogP contribution is 2.16. The molecule has 0 radical (unpaired) electrons. The SMILES string of the molecule is CCOc1cccc(C(=O)Nc2ccc(C[NH+]3CCOCC3)cc2)c1. The molecule has 0 spiro atoms. The minimum absolute atomic E-state index is 0.131. The number of benzene rings is 2. The van der Waals surface area contributed by atoms with Gasteiger partial charge in [-0.2, -0.15) is 0 Å². The first-order chi connectivity index (χ1) is 12.2. The van der Waals surface area contributed by atoms with Gasteiger partial charge in [0, 0.05) is 16.8 Å². The van der Waals surface area contributed by atoms with E-state index in [1.165, 1.54) is 10.5 Å². The predicted octanol–water partition coefficient (Wildman–Crippen LogP) is 1.75. The molecule has 1 fully saturated rings. The Morgan fingerprint density at radius 3 is 2.64 bits per heavy atom. The molecule has 1 heterocycles. The topological polar surface area (TPSA) is 52.0 Å². The van der Waals surface area contributed by atoms with Gasteiger partial charge in [-0.05, 0) is 37.3 Å². The third-order valence-electron chi connectivity index (χ3n) is 4.27. The van der Waals surface area contributed by atoms with E-state index >= 15 is 0 Å². The Kier molecular flexibility index (Phi) is 6.04. The van der Waals surface area contributed by atoms with Crippen molar-refractivity contribution in [2.45, 2.75) is 13.5 Å². The summed E-state index contributed by atoms with van der Waals surface area (Å²) in [6.07, 6.45) is 0. The summed E-state index contributed by atoms with van der Waals surface area (Å²) in [6.45, 7) is 7.27. The molecule has 0 aromatic heterocycles. The first kappa shape index (κ1) is 17.5. The first-order valence-corrected chi connectivity index (χ1v) is 8.79. The molecule has 0 saturated carbocycles. The van der Waals surface area contributed by atoms with Crippen molar-refractivity contribution < 1.29 is 19.2 Å². The van der Waals surface area contributed by atoms with Gasteiger partial charge in [-0.1, -0.05) is 18.2 Å². The molecule has 1 aliphatic rings. The van der Waals surface area contributed by atoms with Crippen LogP contribution in [0.15, 0.2) is 48.5 Å². The van der Waals surface area contributed by atoms with Crippen LogP contribution in [0.3, 0.4) is 0 Å². The number of rotatable bonds is 6. The number of carbonyl (C=O) groups excluding carboxylic acids is 1. The number of amides is 1. The van der Waals surface area contributed by atoms with Crippen LogP contribution in [0.2, 0.25) is 0 Å². The van der Waals surface area contributed by atoms with Gasteiger partial charge in [-0.15, -0.1) is 0 Å². The molecule has 1 amide bonds. The van der Waals surface area contributed by atoms with Crippen molar-refractivity contribution in [3.63, 3.8) is 0 Å². The van der Waals surface area contributed by atoms with E-state index in [9.17, 15) is 4.79 Å². The molecule has 2 aromatic carbocycles. The zero-order valence-corrected chi connectivity index (χ0v) is 14.6. The van der Waals surface area contributed by atoms with Crippen LogP contribution >= 0.6 is 0 Å². The van der Waals surface area contributed by atoms with Crippen LogP contribution < -0.4 is 15.0 Å². The summed E-state index contributed by atoms with van der Waals surface area (Å²) in [4.78, 5) is 13.9. The summed E-state index contributed by atoms with van der Waals surface area (Å²) in [5.74, 6) is 0.576. The fourth-order valence-corrected chi connectivity index (χ4v) is 2.93. The fourth-order valence-electron chi connectivity index (χ4n) is 2.93. The number of anilines is 1. The van der Waals surface area contributed by atoms with E-state index in [-0.39, 0.29) is 5.91 Å². The monoisotopic (exact) mass is 341 g/mol. The van der Waals surface area contributed by atoms with Gasteiger partial charge in [0.25, 0.3) is 5.91 Å². The van der Waals surface area contributed by atoms with Crippen LogP contribution in [-0.2, 0) is 11.3 Å². The van der Waals surface area contributed by atoms with Crippen LogP contribution in [0, 0.1) is 0 Å². The molecule has 1 saturated heterocycles. The third kappa shape index (κ3) is 5.05. The number of morpholine rings is 1. The van der Waals surface area contributed by atoms with E-state index in [1.54, 1.807) is 12.1 Å². The Morgan fingerprint density at radius 1 is 1.16 bits per heavy atom. The smallest absolute Gasteiger partial charge is 0.255 e. The fraction of sp³-hybridized carbons (Fsp3) is 0.350. The van der Waals surface area contributed by atoms with E-state index in [0.717, 1.165) is 38.5 Å². The van der Waals surface area contributed by atoms with Crippen molar-refractivity contribution in [2.24, 2.45) is 0 Å². The molecule has 0 bridgehead atoms. The summed E-state index contributed by atoms with van der Waals surface area (Å²) in [7, 11) is 0. The summed E-state index contributed by atoms with van der Waals surface area (Å²) >= 11 is 0. The quantitative estimate of drug-likeness (QED) is 0.842. The van der Waals surface area contributed by atoms with Crippen LogP contribution in [-0.4, -0.2) is 38.8 Å². The van der Waals surface area contributed by atoms with Crippen LogP contribution in [0.4, 0.5) is 5.69 Å². The van der Waals surface area contributed by atoms with E-state index in [0.29, 0.717) is 17.9 Å². The van der Waals surface area contributed by atoms with Gasteiger partial charge in [-0.25, -0.2) is 0 Å². The molecule has 3 rings (SSSR count). The van der Waals surface area contributed by atoms with Crippen LogP contribution in [0.1, 0.15) is 22.8 Å². The lowest BCUT2D eigenvalue weighted by atomic mass is 10.1. The van der Waals surface area contributed by atoms with Gasteiger partial charge in [0.05, 0.1) is 19.8 Å². The highest BCUT2D eigenvalue weighted by molar-refractivity contribution is 6.04.